The zero-order valence-corrected chi connectivity index (χ0v) is 11.7. The Balaban J connectivity index is 1.75. The van der Waals surface area contributed by atoms with Crippen molar-refractivity contribution in [3.05, 3.63) is 23.3 Å². The van der Waals surface area contributed by atoms with Crippen molar-refractivity contribution in [2.45, 2.75) is 44.1 Å². The highest BCUT2D eigenvalue weighted by molar-refractivity contribution is 5.40. The lowest BCUT2D eigenvalue weighted by Crippen LogP contribution is -2.35. The molecule has 3 heteroatoms. The zero-order valence-electron chi connectivity index (χ0n) is 11.7. The van der Waals surface area contributed by atoms with E-state index in [1.807, 2.05) is 0 Å². The minimum absolute atomic E-state index is 0.178. The average molecular weight is 263 g/mol. The van der Waals surface area contributed by atoms with E-state index in [1.54, 1.807) is 5.57 Å². The summed E-state index contributed by atoms with van der Waals surface area (Å²) in [7, 11) is 0. The molecule has 3 rings (SSSR count). The van der Waals surface area contributed by atoms with Gasteiger partial charge in [-0.3, -0.25) is 0 Å². The van der Waals surface area contributed by atoms with Gasteiger partial charge in [-0.05, 0) is 44.1 Å². The van der Waals surface area contributed by atoms with Gasteiger partial charge in [0.25, 0.3) is 0 Å². The predicted molar refractivity (Wildman–Crippen MR) is 76.0 cm³/mol. The molecule has 1 saturated carbocycles. The first-order chi connectivity index (χ1) is 9.34. The fourth-order valence-electron chi connectivity index (χ4n) is 3.36. The Bertz CT molecular complexity index is 376. The van der Waals surface area contributed by atoms with E-state index < -0.39 is 0 Å². The number of rotatable bonds is 5. The van der Waals surface area contributed by atoms with Gasteiger partial charge in [0.05, 0.1) is 13.2 Å². The van der Waals surface area contributed by atoms with Crippen molar-refractivity contribution in [3.8, 4) is 0 Å². The first kappa shape index (κ1) is 13.3. The van der Waals surface area contributed by atoms with Crippen LogP contribution in [0, 0.1) is 5.92 Å². The standard InChI is InChI=1S/C16H25NO2/c18-9-8-17-16(6-7-16)15-4-2-1-3-13(11-15)14-5-10-19-12-14/h4,11,14,17-18H,1-3,5-10,12H2. The van der Waals surface area contributed by atoms with Gasteiger partial charge in [0.2, 0.25) is 0 Å². The number of ether oxygens (including phenoxy) is 1. The van der Waals surface area contributed by atoms with Crippen LogP contribution in [-0.4, -0.2) is 37.0 Å². The van der Waals surface area contributed by atoms with E-state index in [2.05, 4.69) is 17.5 Å². The maximum Gasteiger partial charge on any atom is 0.0556 e. The second kappa shape index (κ2) is 5.78. The smallest absolute Gasteiger partial charge is 0.0556 e. The third kappa shape index (κ3) is 2.93. The zero-order chi connectivity index (χ0) is 13.1. The Morgan fingerprint density at radius 2 is 2.32 bits per heavy atom. The number of hydrogen-bond donors (Lipinski definition) is 2. The molecule has 106 valence electrons. The summed E-state index contributed by atoms with van der Waals surface area (Å²) < 4.78 is 5.54. The minimum Gasteiger partial charge on any atom is -0.395 e. The van der Waals surface area contributed by atoms with Crippen molar-refractivity contribution in [2.24, 2.45) is 5.92 Å². The molecule has 1 aliphatic heterocycles. The molecule has 2 aliphatic carbocycles. The largest absolute Gasteiger partial charge is 0.395 e. The molecule has 0 amide bonds. The fourth-order valence-corrected chi connectivity index (χ4v) is 3.36. The van der Waals surface area contributed by atoms with E-state index in [-0.39, 0.29) is 12.1 Å². The molecule has 0 aromatic heterocycles. The van der Waals surface area contributed by atoms with Crippen molar-refractivity contribution >= 4 is 0 Å². The van der Waals surface area contributed by atoms with Gasteiger partial charge in [-0.25, -0.2) is 0 Å². The van der Waals surface area contributed by atoms with Crippen molar-refractivity contribution < 1.29 is 9.84 Å². The van der Waals surface area contributed by atoms with Crippen LogP contribution in [0.5, 0.6) is 0 Å². The molecular formula is C16H25NO2. The fraction of sp³-hybridized carbons (Fsp3) is 0.750. The summed E-state index contributed by atoms with van der Waals surface area (Å²) in [6.07, 6.45) is 12.2. The predicted octanol–water partition coefficient (Wildman–Crippen LogP) is 2.17. The lowest BCUT2D eigenvalue weighted by Gasteiger charge is -2.20. The molecule has 2 fully saturated rings. The lowest BCUT2D eigenvalue weighted by atomic mass is 9.92. The van der Waals surface area contributed by atoms with Gasteiger partial charge in [0, 0.05) is 24.6 Å². The summed E-state index contributed by atoms with van der Waals surface area (Å²) in [4.78, 5) is 0. The molecule has 0 aromatic carbocycles. The topological polar surface area (TPSA) is 41.5 Å². The monoisotopic (exact) mass is 263 g/mol. The summed E-state index contributed by atoms with van der Waals surface area (Å²) in [6, 6.07) is 0. The van der Waals surface area contributed by atoms with Crippen LogP contribution in [0.25, 0.3) is 0 Å². The molecule has 1 heterocycles. The van der Waals surface area contributed by atoms with Gasteiger partial charge in [-0.1, -0.05) is 17.7 Å². The molecule has 0 aromatic rings. The quantitative estimate of drug-likeness (QED) is 0.799. The van der Waals surface area contributed by atoms with E-state index in [9.17, 15) is 0 Å². The van der Waals surface area contributed by atoms with Crippen LogP contribution in [0.1, 0.15) is 38.5 Å². The van der Waals surface area contributed by atoms with Crippen molar-refractivity contribution in [1.29, 1.82) is 0 Å². The number of nitrogens with one attached hydrogen (secondary N) is 1. The van der Waals surface area contributed by atoms with E-state index in [4.69, 9.17) is 9.84 Å². The van der Waals surface area contributed by atoms with Crippen LogP contribution in [0.4, 0.5) is 0 Å². The summed E-state index contributed by atoms with van der Waals surface area (Å²) in [5.41, 5.74) is 3.25. The van der Waals surface area contributed by atoms with Gasteiger partial charge < -0.3 is 15.2 Å². The number of aliphatic hydroxyl groups is 1. The summed E-state index contributed by atoms with van der Waals surface area (Å²) in [5.74, 6) is 0.648. The van der Waals surface area contributed by atoms with Gasteiger partial charge >= 0.3 is 0 Å². The Morgan fingerprint density at radius 3 is 3.00 bits per heavy atom. The first-order valence-electron chi connectivity index (χ1n) is 7.69. The molecule has 19 heavy (non-hydrogen) atoms. The maximum absolute atomic E-state index is 9.02. The highest BCUT2D eigenvalue weighted by atomic mass is 16.5. The number of β-amino-alcohol motifs (C(OH)–C–C–N with tert-alkyl or cyclic N) is 1. The summed E-state index contributed by atoms with van der Waals surface area (Å²) in [5, 5.41) is 12.6. The van der Waals surface area contributed by atoms with Gasteiger partial charge in [0.1, 0.15) is 0 Å². The molecule has 3 aliphatic rings. The molecule has 0 radical (unpaired) electrons. The normalized spacial score (nSPS) is 29.6. The third-order valence-electron chi connectivity index (χ3n) is 4.71. The second-order valence-electron chi connectivity index (χ2n) is 6.06. The van der Waals surface area contributed by atoms with Crippen molar-refractivity contribution in [2.75, 3.05) is 26.4 Å². The minimum atomic E-state index is 0.178. The van der Waals surface area contributed by atoms with Gasteiger partial charge in [0.15, 0.2) is 0 Å². The number of aliphatic hydroxyl groups excluding tert-OH is 1. The van der Waals surface area contributed by atoms with Crippen LogP contribution in [-0.2, 0) is 4.74 Å². The molecule has 0 spiro atoms. The highest BCUT2D eigenvalue weighted by Gasteiger charge is 2.44. The molecule has 1 saturated heterocycles. The molecule has 0 bridgehead atoms. The van der Waals surface area contributed by atoms with E-state index in [1.165, 1.54) is 44.1 Å². The maximum atomic E-state index is 9.02. The van der Waals surface area contributed by atoms with E-state index in [0.29, 0.717) is 12.5 Å². The first-order valence-corrected chi connectivity index (χ1v) is 7.69. The van der Waals surface area contributed by atoms with Gasteiger partial charge in [-0.15, -0.1) is 0 Å². The second-order valence-corrected chi connectivity index (χ2v) is 6.06. The van der Waals surface area contributed by atoms with Crippen LogP contribution in [0.3, 0.4) is 0 Å². The molecule has 1 atom stereocenters. The third-order valence-corrected chi connectivity index (χ3v) is 4.71. The molecule has 2 N–H and O–H groups in total. The van der Waals surface area contributed by atoms with Crippen molar-refractivity contribution in [1.82, 2.24) is 5.32 Å². The van der Waals surface area contributed by atoms with Crippen LogP contribution in [0.2, 0.25) is 0 Å². The van der Waals surface area contributed by atoms with Crippen LogP contribution < -0.4 is 5.32 Å². The van der Waals surface area contributed by atoms with Gasteiger partial charge in [-0.2, -0.15) is 0 Å². The molecule has 3 nitrogen and oxygen atoms in total. The number of allylic oxidation sites excluding steroid dienone is 1. The van der Waals surface area contributed by atoms with E-state index >= 15 is 0 Å². The Hall–Kier alpha value is -0.640. The molecule has 1 unspecified atom stereocenters. The van der Waals surface area contributed by atoms with Crippen molar-refractivity contribution in [3.63, 3.8) is 0 Å². The van der Waals surface area contributed by atoms with E-state index in [0.717, 1.165) is 13.2 Å². The summed E-state index contributed by atoms with van der Waals surface area (Å²) >= 11 is 0. The number of hydrogen-bond acceptors (Lipinski definition) is 3. The summed E-state index contributed by atoms with van der Waals surface area (Å²) in [6.45, 7) is 2.76. The Labute approximate surface area is 115 Å². The average Bonchev–Trinajstić information content (AvgIpc) is 3.10. The van der Waals surface area contributed by atoms with Crippen LogP contribution in [0.15, 0.2) is 23.3 Å². The molecular weight excluding hydrogens is 238 g/mol. The SMILES string of the molecule is OCCNC1(C2=CCCCC(C3CCOC3)=C2)CC1. The highest BCUT2D eigenvalue weighted by Crippen LogP contribution is 2.45. The Kier molecular flexibility index (Phi) is 4.06. The Morgan fingerprint density at radius 1 is 1.42 bits per heavy atom. The lowest BCUT2D eigenvalue weighted by molar-refractivity contribution is 0.189. The van der Waals surface area contributed by atoms with Crippen LogP contribution >= 0.6 is 0 Å².